The Bertz CT molecular complexity index is 673. The molecule has 106 valence electrons. The smallest absolute Gasteiger partial charge is 0.412 e. The van der Waals surface area contributed by atoms with Crippen molar-refractivity contribution in [3.63, 3.8) is 0 Å². The van der Waals surface area contributed by atoms with Crippen molar-refractivity contribution in [3.8, 4) is 0 Å². The first-order valence-electron chi connectivity index (χ1n) is 5.89. The standard InChI is InChI=1S/C13H14N2O4S/c1-13(2,3)19-12(18)15-8-7-5-4-6-14-10(7)20-9(8)11(16)17/h4-6H,1-3H3,(H,15,18)(H,16,17). The van der Waals surface area contributed by atoms with Crippen molar-refractivity contribution in [1.82, 2.24) is 4.98 Å². The third-order valence-electron chi connectivity index (χ3n) is 2.29. The van der Waals surface area contributed by atoms with Gasteiger partial charge in [0.15, 0.2) is 0 Å². The Morgan fingerprint density at radius 1 is 1.40 bits per heavy atom. The number of anilines is 1. The molecule has 2 heterocycles. The molecule has 0 spiro atoms. The van der Waals surface area contributed by atoms with Crippen molar-refractivity contribution < 1.29 is 19.4 Å². The molecule has 0 bridgehead atoms. The summed E-state index contributed by atoms with van der Waals surface area (Å²) in [6.45, 7) is 5.20. The van der Waals surface area contributed by atoms with E-state index in [0.717, 1.165) is 11.3 Å². The number of carbonyl (C=O) groups is 2. The van der Waals surface area contributed by atoms with Gasteiger partial charge in [0.25, 0.3) is 0 Å². The normalized spacial score (nSPS) is 11.3. The lowest BCUT2D eigenvalue weighted by molar-refractivity contribution is 0.0636. The van der Waals surface area contributed by atoms with E-state index in [9.17, 15) is 14.7 Å². The number of hydrogen-bond acceptors (Lipinski definition) is 5. The monoisotopic (exact) mass is 294 g/mol. The second kappa shape index (κ2) is 5.09. The van der Waals surface area contributed by atoms with E-state index in [-0.39, 0.29) is 10.6 Å². The number of carbonyl (C=O) groups excluding carboxylic acids is 1. The van der Waals surface area contributed by atoms with E-state index in [0.29, 0.717) is 10.2 Å². The molecule has 0 radical (unpaired) electrons. The average molecular weight is 294 g/mol. The van der Waals surface area contributed by atoms with Crippen LogP contribution in [-0.2, 0) is 4.74 Å². The first-order chi connectivity index (χ1) is 9.28. The summed E-state index contributed by atoms with van der Waals surface area (Å²) in [6.07, 6.45) is 0.880. The molecule has 20 heavy (non-hydrogen) atoms. The van der Waals surface area contributed by atoms with Gasteiger partial charge in [0.05, 0.1) is 5.69 Å². The molecule has 2 N–H and O–H groups in total. The molecule has 6 nitrogen and oxygen atoms in total. The lowest BCUT2D eigenvalue weighted by Gasteiger charge is -2.19. The molecule has 0 aromatic carbocycles. The van der Waals surface area contributed by atoms with Gasteiger partial charge in [-0.25, -0.2) is 14.6 Å². The van der Waals surface area contributed by atoms with Crippen LogP contribution in [-0.4, -0.2) is 27.8 Å². The molecule has 2 aromatic rings. The Morgan fingerprint density at radius 3 is 2.70 bits per heavy atom. The highest BCUT2D eigenvalue weighted by Gasteiger charge is 2.23. The van der Waals surface area contributed by atoms with Gasteiger partial charge in [-0.05, 0) is 32.9 Å². The van der Waals surface area contributed by atoms with Crippen LogP contribution in [0.2, 0.25) is 0 Å². The summed E-state index contributed by atoms with van der Waals surface area (Å²) >= 11 is 1.01. The van der Waals surface area contributed by atoms with E-state index in [1.165, 1.54) is 0 Å². The molecule has 2 aromatic heterocycles. The second-order valence-electron chi connectivity index (χ2n) is 5.09. The number of carboxylic acids is 1. The number of thiophene rings is 1. The van der Waals surface area contributed by atoms with Gasteiger partial charge >= 0.3 is 12.1 Å². The number of amides is 1. The van der Waals surface area contributed by atoms with E-state index in [1.807, 2.05) is 0 Å². The van der Waals surface area contributed by atoms with Gasteiger partial charge in [-0.3, -0.25) is 5.32 Å². The summed E-state index contributed by atoms with van der Waals surface area (Å²) in [5, 5.41) is 12.3. The summed E-state index contributed by atoms with van der Waals surface area (Å²) in [6, 6.07) is 3.39. The first-order valence-corrected chi connectivity index (χ1v) is 6.70. The van der Waals surface area contributed by atoms with Crippen molar-refractivity contribution in [3.05, 3.63) is 23.2 Å². The predicted molar refractivity (Wildman–Crippen MR) is 76.4 cm³/mol. The van der Waals surface area contributed by atoms with Crippen LogP contribution in [0.5, 0.6) is 0 Å². The summed E-state index contributed by atoms with van der Waals surface area (Å²) in [5.41, 5.74) is -0.433. The molecule has 0 aliphatic heterocycles. The Kier molecular flexibility index (Phi) is 3.63. The number of nitrogens with zero attached hydrogens (tertiary/aromatic N) is 1. The van der Waals surface area contributed by atoms with Crippen molar-refractivity contribution in [2.75, 3.05) is 5.32 Å². The Balaban J connectivity index is 2.39. The fourth-order valence-corrected chi connectivity index (χ4v) is 2.55. The molecule has 0 aliphatic rings. The zero-order valence-corrected chi connectivity index (χ0v) is 12.1. The van der Waals surface area contributed by atoms with Crippen LogP contribution in [0, 0.1) is 0 Å². The van der Waals surface area contributed by atoms with Gasteiger partial charge < -0.3 is 9.84 Å². The minimum Gasteiger partial charge on any atom is -0.477 e. The third-order valence-corrected chi connectivity index (χ3v) is 3.39. The van der Waals surface area contributed by atoms with Gasteiger partial charge in [-0.15, -0.1) is 11.3 Å². The lowest BCUT2D eigenvalue weighted by atomic mass is 10.2. The molecule has 0 atom stereocenters. The highest BCUT2D eigenvalue weighted by molar-refractivity contribution is 7.21. The second-order valence-corrected chi connectivity index (χ2v) is 6.09. The molecule has 2 rings (SSSR count). The highest BCUT2D eigenvalue weighted by atomic mass is 32.1. The maximum Gasteiger partial charge on any atom is 0.412 e. The number of aromatic carboxylic acids is 1. The van der Waals surface area contributed by atoms with Gasteiger partial charge in [-0.2, -0.15) is 0 Å². The molecule has 0 saturated carbocycles. The van der Waals surface area contributed by atoms with Crippen LogP contribution in [0.25, 0.3) is 10.2 Å². The molecular weight excluding hydrogens is 280 g/mol. The van der Waals surface area contributed by atoms with E-state index in [1.54, 1.807) is 39.1 Å². The van der Waals surface area contributed by atoms with E-state index in [4.69, 9.17) is 4.74 Å². The number of fused-ring (bicyclic) bond motifs is 1. The number of rotatable bonds is 2. The lowest BCUT2D eigenvalue weighted by Crippen LogP contribution is -2.27. The zero-order valence-electron chi connectivity index (χ0n) is 11.3. The van der Waals surface area contributed by atoms with Gasteiger partial charge in [0.2, 0.25) is 0 Å². The Morgan fingerprint density at radius 2 is 2.10 bits per heavy atom. The third kappa shape index (κ3) is 3.05. The predicted octanol–water partition coefficient (Wildman–Crippen LogP) is 3.34. The summed E-state index contributed by atoms with van der Waals surface area (Å²) in [7, 11) is 0. The fourth-order valence-electron chi connectivity index (χ4n) is 1.61. The molecular formula is C13H14N2O4S. The van der Waals surface area contributed by atoms with E-state index < -0.39 is 17.7 Å². The summed E-state index contributed by atoms with van der Waals surface area (Å²) in [5.74, 6) is -1.11. The maximum absolute atomic E-state index is 11.8. The molecule has 0 aliphatic carbocycles. The van der Waals surface area contributed by atoms with Crippen molar-refractivity contribution in [1.29, 1.82) is 0 Å². The number of aromatic nitrogens is 1. The van der Waals surface area contributed by atoms with E-state index >= 15 is 0 Å². The molecule has 1 amide bonds. The first kappa shape index (κ1) is 14.3. The molecule has 0 saturated heterocycles. The Labute approximate surface area is 119 Å². The quantitative estimate of drug-likeness (QED) is 0.886. The molecule has 0 unspecified atom stereocenters. The van der Waals surface area contributed by atoms with Crippen LogP contribution >= 0.6 is 11.3 Å². The molecule has 0 fully saturated rings. The van der Waals surface area contributed by atoms with Crippen LogP contribution < -0.4 is 5.32 Å². The van der Waals surface area contributed by atoms with Gasteiger partial charge in [-0.1, -0.05) is 0 Å². The minimum atomic E-state index is -1.11. The van der Waals surface area contributed by atoms with Gasteiger partial charge in [0.1, 0.15) is 15.3 Å². The van der Waals surface area contributed by atoms with Gasteiger partial charge in [0, 0.05) is 11.6 Å². The number of pyridine rings is 1. The van der Waals surface area contributed by atoms with Crippen molar-refractivity contribution >= 4 is 39.3 Å². The van der Waals surface area contributed by atoms with Crippen molar-refractivity contribution in [2.24, 2.45) is 0 Å². The van der Waals surface area contributed by atoms with Crippen LogP contribution in [0.1, 0.15) is 30.4 Å². The van der Waals surface area contributed by atoms with Crippen molar-refractivity contribution in [2.45, 2.75) is 26.4 Å². The van der Waals surface area contributed by atoms with E-state index in [2.05, 4.69) is 10.3 Å². The number of nitrogens with one attached hydrogen (secondary N) is 1. The zero-order chi connectivity index (χ0) is 14.9. The van der Waals surface area contributed by atoms with Crippen LogP contribution in [0.3, 0.4) is 0 Å². The SMILES string of the molecule is CC(C)(C)OC(=O)Nc1c(C(=O)O)sc2ncccc12. The molecule has 7 heteroatoms. The highest BCUT2D eigenvalue weighted by Crippen LogP contribution is 2.34. The van der Waals surface area contributed by atoms with Crippen LogP contribution in [0.15, 0.2) is 18.3 Å². The van der Waals surface area contributed by atoms with Crippen LogP contribution in [0.4, 0.5) is 10.5 Å². The fraction of sp³-hybridized carbons (Fsp3) is 0.308. The summed E-state index contributed by atoms with van der Waals surface area (Å²) < 4.78 is 5.14. The number of hydrogen-bond donors (Lipinski definition) is 2. The average Bonchev–Trinajstić information content (AvgIpc) is 2.66. The number of ether oxygens (including phenoxy) is 1. The number of carboxylic acid groups (broad SMARTS) is 1. The Hall–Kier alpha value is -2.15. The maximum atomic E-state index is 11.8. The largest absolute Gasteiger partial charge is 0.477 e. The topological polar surface area (TPSA) is 88.5 Å². The minimum absolute atomic E-state index is 0.0320. The summed E-state index contributed by atoms with van der Waals surface area (Å²) in [4.78, 5) is 27.7.